The fraction of sp³-hybridized carbons (Fsp3) is 0.250. The summed E-state index contributed by atoms with van der Waals surface area (Å²) in [6.45, 7) is 5.29. The maximum Gasteiger partial charge on any atom is 0.231 e. The van der Waals surface area contributed by atoms with E-state index in [-0.39, 0.29) is 12.6 Å². The molecule has 0 spiro atoms. The normalized spacial score (nSPS) is 12.6. The number of anilines is 1. The lowest BCUT2D eigenvalue weighted by atomic mass is 10.1. The van der Waals surface area contributed by atoms with E-state index in [1.54, 1.807) is 0 Å². The number of ether oxygens (including phenoxy) is 2. The number of carbonyl (C=O) groups excluding carboxylic acids is 1. The number of fused-ring (bicyclic) bond motifs is 2. The first-order valence-corrected chi connectivity index (χ1v) is 8.42. The zero-order valence-electron chi connectivity index (χ0n) is 14.3. The van der Waals surface area contributed by atoms with E-state index in [4.69, 9.17) is 9.47 Å². The number of Topliss-reactive ketones (excluding diaryl/α,β-unsaturated/α-hetero) is 1. The van der Waals surface area contributed by atoms with Gasteiger partial charge in [-0.2, -0.15) is 0 Å². The van der Waals surface area contributed by atoms with Gasteiger partial charge < -0.3 is 19.4 Å². The standard InChI is InChI=1S/C20H20N2O3/c1-3-22(14-8-9-18-19(10-14)25-12-24-18)11-17(23)20-13(2)21-16-7-5-4-6-15(16)20/h4-10,21H,3,11-12H2,1-2H3. The largest absolute Gasteiger partial charge is 0.454 e. The molecule has 0 bridgehead atoms. The van der Waals surface area contributed by atoms with Gasteiger partial charge in [-0.25, -0.2) is 0 Å². The Balaban J connectivity index is 1.63. The molecule has 0 saturated carbocycles. The van der Waals surface area contributed by atoms with Gasteiger partial charge in [0.25, 0.3) is 0 Å². The molecule has 0 fully saturated rings. The molecule has 1 N–H and O–H groups in total. The monoisotopic (exact) mass is 336 g/mol. The molecule has 0 unspecified atom stereocenters. The van der Waals surface area contributed by atoms with Gasteiger partial charge in [0.1, 0.15) is 0 Å². The average Bonchev–Trinajstić information content (AvgIpc) is 3.21. The highest BCUT2D eigenvalue weighted by atomic mass is 16.7. The van der Waals surface area contributed by atoms with Crippen LogP contribution in [-0.2, 0) is 0 Å². The van der Waals surface area contributed by atoms with E-state index < -0.39 is 0 Å². The SMILES string of the molecule is CCN(CC(=O)c1c(C)[nH]c2ccccc12)c1ccc2c(c1)OCO2. The van der Waals surface area contributed by atoms with Crippen molar-refractivity contribution < 1.29 is 14.3 Å². The van der Waals surface area contributed by atoms with Crippen molar-refractivity contribution >= 4 is 22.4 Å². The molecule has 128 valence electrons. The Morgan fingerprint density at radius 2 is 1.96 bits per heavy atom. The van der Waals surface area contributed by atoms with Crippen LogP contribution in [0.3, 0.4) is 0 Å². The van der Waals surface area contributed by atoms with Crippen LogP contribution in [0.1, 0.15) is 23.0 Å². The van der Waals surface area contributed by atoms with E-state index in [2.05, 4.69) is 4.98 Å². The average molecular weight is 336 g/mol. The number of carbonyl (C=O) groups is 1. The number of likely N-dealkylation sites (N-methyl/N-ethyl adjacent to an activating group) is 1. The van der Waals surface area contributed by atoms with Crippen molar-refractivity contribution in [2.75, 3.05) is 24.8 Å². The summed E-state index contributed by atoms with van der Waals surface area (Å²) in [5.74, 6) is 1.58. The van der Waals surface area contributed by atoms with Crippen molar-refractivity contribution in [2.45, 2.75) is 13.8 Å². The van der Waals surface area contributed by atoms with Crippen LogP contribution in [0.4, 0.5) is 5.69 Å². The van der Waals surface area contributed by atoms with Crippen LogP contribution in [0.2, 0.25) is 0 Å². The van der Waals surface area contributed by atoms with Gasteiger partial charge in [-0.1, -0.05) is 18.2 Å². The summed E-state index contributed by atoms with van der Waals surface area (Å²) < 4.78 is 10.8. The molecule has 3 aromatic rings. The van der Waals surface area contributed by atoms with Gasteiger partial charge in [-0.3, -0.25) is 4.79 Å². The van der Waals surface area contributed by atoms with Crippen LogP contribution >= 0.6 is 0 Å². The number of benzene rings is 2. The molecule has 5 nitrogen and oxygen atoms in total. The molecule has 1 aromatic heterocycles. The summed E-state index contributed by atoms with van der Waals surface area (Å²) >= 11 is 0. The van der Waals surface area contributed by atoms with Gasteiger partial charge in [-0.05, 0) is 32.0 Å². The Hall–Kier alpha value is -2.95. The van der Waals surface area contributed by atoms with E-state index in [1.165, 1.54) is 0 Å². The number of rotatable bonds is 5. The molecule has 0 radical (unpaired) electrons. The third kappa shape index (κ3) is 2.71. The Morgan fingerprint density at radius 3 is 2.80 bits per heavy atom. The van der Waals surface area contributed by atoms with Crippen LogP contribution < -0.4 is 14.4 Å². The van der Waals surface area contributed by atoms with Crippen LogP contribution in [-0.4, -0.2) is 30.6 Å². The Kier molecular flexibility index (Phi) is 3.84. The van der Waals surface area contributed by atoms with Crippen LogP contribution in [0.25, 0.3) is 10.9 Å². The smallest absolute Gasteiger partial charge is 0.231 e. The van der Waals surface area contributed by atoms with E-state index in [9.17, 15) is 4.79 Å². The zero-order chi connectivity index (χ0) is 17.4. The Morgan fingerprint density at radius 1 is 1.16 bits per heavy atom. The maximum absolute atomic E-state index is 13.0. The Bertz CT molecular complexity index is 945. The fourth-order valence-electron chi connectivity index (χ4n) is 3.36. The summed E-state index contributed by atoms with van der Waals surface area (Å²) in [7, 11) is 0. The lowest BCUT2D eigenvalue weighted by molar-refractivity contribution is 0.1000. The zero-order valence-corrected chi connectivity index (χ0v) is 14.3. The van der Waals surface area contributed by atoms with Gasteiger partial charge in [0.2, 0.25) is 6.79 Å². The third-order valence-corrected chi connectivity index (χ3v) is 4.61. The third-order valence-electron chi connectivity index (χ3n) is 4.61. The fourth-order valence-corrected chi connectivity index (χ4v) is 3.36. The molecule has 0 saturated heterocycles. The van der Waals surface area contributed by atoms with Crippen molar-refractivity contribution in [3.05, 3.63) is 53.7 Å². The molecule has 4 rings (SSSR count). The molecule has 0 atom stereocenters. The summed E-state index contributed by atoms with van der Waals surface area (Å²) in [4.78, 5) is 18.3. The number of aromatic nitrogens is 1. The second-order valence-corrected chi connectivity index (χ2v) is 6.15. The van der Waals surface area contributed by atoms with Gasteiger partial charge >= 0.3 is 0 Å². The van der Waals surface area contributed by atoms with Crippen molar-refractivity contribution in [1.82, 2.24) is 4.98 Å². The highest BCUT2D eigenvalue weighted by molar-refractivity contribution is 6.11. The van der Waals surface area contributed by atoms with Gasteiger partial charge in [0, 0.05) is 40.5 Å². The van der Waals surface area contributed by atoms with Crippen LogP contribution in [0, 0.1) is 6.92 Å². The first-order chi connectivity index (χ1) is 12.2. The van der Waals surface area contributed by atoms with Crippen molar-refractivity contribution in [2.24, 2.45) is 0 Å². The second kappa shape index (κ2) is 6.16. The number of aromatic amines is 1. The highest BCUT2D eigenvalue weighted by Crippen LogP contribution is 2.35. The van der Waals surface area contributed by atoms with Gasteiger partial charge in [-0.15, -0.1) is 0 Å². The number of H-pyrrole nitrogens is 1. The van der Waals surface area contributed by atoms with Gasteiger partial charge in [0.15, 0.2) is 17.3 Å². The highest BCUT2D eigenvalue weighted by Gasteiger charge is 2.20. The minimum absolute atomic E-state index is 0.106. The predicted octanol–water partition coefficient (Wildman–Crippen LogP) is 3.91. The number of hydrogen-bond acceptors (Lipinski definition) is 4. The van der Waals surface area contributed by atoms with E-state index >= 15 is 0 Å². The molecule has 25 heavy (non-hydrogen) atoms. The molecule has 1 aliphatic rings. The topological polar surface area (TPSA) is 54.6 Å². The van der Waals surface area contributed by atoms with E-state index in [0.29, 0.717) is 6.54 Å². The van der Waals surface area contributed by atoms with Crippen molar-refractivity contribution in [1.29, 1.82) is 0 Å². The first kappa shape index (κ1) is 15.6. The lowest BCUT2D eigenvalue weighted by Gasteiger charge is -2.22. The van der Waals surface area contributed by atoms with E-state index in [0.717, 1.165) is 45.9 Å². The number of para-hydroxylation sites is 1. The molecule has 0 aliphatic carbocycles. The lowest BCUT2D eigenvalue weighted by Crippen LogP contribution is -2.29. The maximum atomic E-state index is 13.0. The first-order valence-electron chi connectivity index (χ1n) is 8.42. The molecule has 0 amide bonds. The molecular formula is C20H20N2O3. The molecular weight excluding hydrogens is 316 g/mol. The quantitative estimate of drug-likeness (QED) is 0.718. The van der Waals surface area contributed by atoms with Crippen LogP contribution in [0.15, 0.2) is 42.5 Å². The number of hydrogen-bond donors (Lipinski definition) is 1. The molecule has 2 heterocycles. The molecule has 2 aromatic carbocycles. The van der Waals surface area contributed by atoms with Crippen molar-refractivity contribution in [3.63, 3.8) is 0 Å². The number of nitrogens with zero attached hydrogens (tertiary/aromatic N) is 1. The van der Waals surface area contributed by atoms with Crippen molar-refractivity contribution in [3.8, 4) is 11.5 Å². The van der Waals surface area contributed by atoms with Crippen LogP contribution in [0.5, 0.6) is 11.5 Å². The number of ketones is 1. The number of nitrogens with one attached hydrogen (secondary N) is 1. The minimum Gasteiger partial charge on any atom is -0.454 e. The summed E-state index contributed by atoms with van der Waals surface area (Å²) in [5, 5.41) is 0.978. The number of aryl methyl sites for hydroxylation is 1. The summed E-state index contributed by atoms with van der Waals surface area (Å²) in [5.41, 5.74) is 3.63. The van der Waals surface area contributed by atoms with Gasteiger partial charge in [0.05, 0.1) is 6.54 Å². The van der Waals surface area contributed by atoms with E-state index in [1.807, 2.05) is 61.2 Å². The molecule has 1 aliphatic heterocycles. The Labute approximate surface area is 146 Å². The summed E-state index contributed by atoms with van der Waals surface area (Å²) in [6.07, 6.45) is 0. The minimum atomic E-state index is 0.106. The molecule has 5 heteroatoms. The summed E-state index contributed by atoms with van der Waals surface area (Å²) in [6, 6.07) is 13.7. The predicted molar refractivity (Wildman–Crippen MR) is 97.8 cm³/mol. The second-order valence-electron chi connectivity index (χ2n) is 6.15.